The van der Waals surface area contributed by atoms with E-state index in [2.05, 4.69) is 31.0 Å². The van der Waals surface area contributed by atoms with Crippen molar-refractivity contribution in [2.45, 2.75) is 25.8 Å². The number of hydrogen-bond acceptors (Lipinski definition) is 7. The van der Waals surface area contributed by atoms with Gasteiger partial charge in [0, 0.05) is 6.42 Å². The Hall–Kier alpha value is -2.68. The number of nitrogens with zero attached hydrogens (tertiary/aromatic N) is 6. The summed E-state index contributed by atoms with van der Waals surface area (Å²) in [6.45, 7) is 1.99. The van der Waals surface area contributed by atoms with Crippen molar-refractivity contribution in [3.05, 3.63) is 47.2 Å². The molecule has 2 heterocycles. The second kappa shape index (κ2) is 7.05. The molecule has 1 aromatic carbocycles. The maximum Gasteiger partial charge on any atom is 0.251 e. The molecule has 1 N–H and O–H groups in total. The fourth-order valence-corrected chi connectivity index (χ4v) is 2.77. The minimum absolute atomic E-state index is 0.222. The number of benzene rings is 1. The highest BCUT2D eigenvalue weighted by Crippen LogP contribution is 2.19. The first-order chi connectivity index (χ1) is 11.3. The van der Waals surface area contributed by atoms with Gasteiger partial charge in [-0.15, -0.1) is 15.3 Å². The number of anilines is 1. The van der Waals surface area contributed by atoms with Crippen LogP contribution in [0.1, 0.15) is 23.5 Å². The van der Waals surface area contributed by atoms with Crippen LogP contribution in [0, 0.1) is 0 Å². The molecule has 118 valence electrons. The zero-order chi connectivity index (χ0) is 16.1. The summed E-state index contributed by atoms with van der Waals surface area (Å²) >= 11 is 1.37. The molecule has 0 saturated carbocycles. The van der Waals surface area contributed by atoms with E-state index in [-0.39, 0.29) is 5.91 Å². The van der Waals surface area contributed by atoms with Crippen molar-refractivity contribution in [3.8, 4) is 0 Å². The summed E-state index contributed by atoms with van der Waals surface area (Å²) in [7, 11) is 0. The zero-order valence-corrected chi connectivity index (χ0v) is 13.3. The van der Waals surface area contributed by atoms with Gasteiger partial charge < -0.3 is 0 Å². The molecule has 0 bridgehead atoms. The van der Waals surface area contributed by atoms with Gasteiger partial charge in [-0.1, -0.05) is 48.6 Å². The Balaban J connectivity index is 1.78. The number of hydrogen-bond donors (Lipinski definition) is 1. The zero-order valence-electron chi connectivity index (χ0n) is 12.5. The minimum atomic E-state index is -0.554. The summed E-state index contributed by atoms with van der Waals surface area (Å²) in [5.74, 6) is -0.222. The molecule has 1 amide bonds. The standard InChI is InChI=1S/C14H15N7OS/c1-2-12-17-18-14(23-12)16-13(22)11(21-9-15-19-20-21)8-10-6-4-3-5-7-10/h3-7,9,11H,2,8H2,1H3,(H,16,18,22). The predicted octanol–water partition coefficient (Wildman–Crippen LogP) is 1.51. The van der Waals surface area contributed by atoms with Gasteiger partial charge in [0.2, 0.25) is 5.13 Å². The number of carbonyl (C=O) groups is 1. The van der Waals surface area contributed by atoms with Crippen LogP contribution in [0.15, 0.2) is 36.7 Å². The average molecular weight is 329 g/mol. The fourth-order valence-electron chi connectivity index (χ4n) is 2.09. The SMILES string of the molecule is CCc1nnc(NC(=O)C(Cc2ccccc2)n2cnnn2)s1. The Labute approximate surface area is 136 Å². The molecule has 0 spiro atoms. The van der Waals surface area contributed by atoms with E-state index < -0.39 is 6.04 Å². The first-order valence-electron chi connectivity index (χ1n) is 7.16. The molecule has 2 aromatic heterocycles. The van der Waals surface area contributed by atoms with Crippen molar-refractivity contribution in [2.75, 3.05) is 5.32 Å². The van der Waals surface area contributed by atoms with Crippen molar-refractivity contribution in [2.24, 2.45) is 0 Å². The highest BCUT2D eigenvalue weighted by atomic mass is 32.1. The fraction of sp³-hybridized carbons (Fsp3) is 0.286. The van der Waals surface area contributed by atoms with E-state index in [1.807, 2.05) is 37.3 Å². The van der Waals surface area contributed by atoms with Crippen LogP contribution in [0.5, 0.6) is 0 Å². The van der Waals surface area contributed by atoms with Gasteiger partial charge in [-0.05, 0) is 22.4 Å². The number of carbonyl (C=O) groups excluding carboxylic acids is 1. The third-order valence-electron chi connectivity index (χ3n) is 3.26. The summed E-state index contributed by atoms with van der Waals surface area (Å²) in [4.78, 5) is 12.6. The molecule has 3 rings (SSSR count). The molecule has 9 heteroatoms. The lowest BCUT2D eigenvalue weighted by Gasteiger charge is -2.15. The monoisotopic (exact) mass is 329 g/mol. The van der Waals surface area contributed by atoms with E-state index in [1.54, 1.807) is 0 Å². The van der Waals surface area contributed by atoms with Gasteiger partial charge in [0.25, 0.3) is 5.91 Å². The number of aryl methyl sites for hydroxylation is 1. The van der Waals surface area contributed by atoms with E-state index in [0.29, 0.717) is 11.6 Å². The van der Waals surface area contributed by atoms with Crippen LogP contribution >= 0.6 is 11.3 Å². The van der Waals surface area contributed by atoms with Crippen molar-refractivity contribution in [1.29, 1.82) is 0 Å². The van der Waals surface area contributed by atoms with Gasteiger partial charge >= 0.3 is 0 Å². The topological polar surface area (TPSA) is 98.5 Å². The van der Waals surface area contributed by atoms with Gasteiger partial charge in [-0.2, -0.15) is 0 Å². The second-order valence-electron chi connectivity index (χ2n) is 4.84. The van der Waals surface area contributed by atoms with E-state index in [4.69, 9.17) is 0 Å². The Morgan fingerprint density at radius 2 is 2.13 bits per heavy atom. The van der Waals surface area contributed by atoms with Crippen LogP contribution in [0.2, 0.25) is 0 Å². The lowest BCUT2D eigenvalue weighted by Crippen LogP contribution is -2.28. The summed E-state index contributed by atoms with van der Waals surface area (Å²) in [5, 5.41) is 23.2. The Kier molecular flexibility index (Phi) is 4.67. The minimum Gasteiger partial charge on any atom is -0.299 e. The highest BCUT2D eigenvalue weighted by molar-refractivity contribution is 7.15. The molecule has 0 aliphatic heterocycles. The molecule has 0 fully saturated rings. The van der Waals surface area contributed by atoms with E-state index in [9.17, 15) is 4.79 Å². The molecule has 1 unspecified atom stereocenters. The smallest absolute Gasteiger partial charge is 0.251 e. The van der Waals surface area contributed by atoms with Crippen LogP contribution in [0.25, 0.3) is 0 Å². The molecule has 0 radical (unpaired) electrons. The number of aromatic nitrogens is 6. The summed E-state index contributed by atoms with van der Waals surface area (Å²) in [5.41, 5.74) is 1.02. The number of amides is 1. The molecule has 0 aliphatic carbocycles. The number of tetrazole rings is 1. The molecule has 1 atom stereocenters. The van der Waals surface area contributed by atoms with Crippen LogP contribution in [0.4, 0.5) is 5.13 Å². The van der Waals surface area contributed by atoms with Crippen molar-refractivity contribution < 1.29 is 4.79 Å². The maximum absolute atomic E-state index is 12.6. The summed E-state index contributed by atoms with van der Waals surface area (Å²) in [6, 6.07) is 9.17. The second-order valence-corrected chi connectivity index (χ2v) is 5.90. The third-order valence-corrected chi connectivity index (χ3v) is 4.24. The maximum atomic E-state index is 12.6. The summed E-state index contributed by atoms with van der Waals surface area (Å²) < 4.78 is 1.45. The Morgan fingerprint density at radius 3 is 2.78 bits per heavy atom. The van der Waals surface area contributed by atoms with Crippen molar-refractivity contribution in [3.63, 3.8) is 0 Å². The highest BCUT2D eigenvalue weighted by Gasteiger charge is 2.23. The predicted molar refractivity (Wildman–Crippen MR) is 84.9 cm³/mol. The lowest BCUT2D eigenvalue weighted by atomic mass is 10.1. The average Bonchev–Trinajstić information content (AvgIpc) is 3.25. The number of rotatable bonds is 6. The first-order valence-corrected chi connectivity index (χ1v) is 7.97. The van der Waals surface area contributed by atoms with Crippen molar-refractivity contribution >= 4 is 22.4 Å². The van der Waals surface area contributed by atoms with Crippen LogP contribution in [0.3, 0.4) is 0 Å². The van der Waals surface area contributed by atoms with Gasteiger partial charge in [-0.3, -0.25) is 10.1 Å². The van der Waals surface area contributed by atoms with E-state index >= 15 is 0 Å². The Morgan fingerprint density at radius 1 is 1.30 bits per heavy atom. The van der Waals surface area contributed by atoms with Crippen LogP contribution in [-0.2, 0) is 17.6 Å². The molecule has 23 heavy (non-hydrogen) atoms. The molecular weight excluding hydrogens is 314 g/mol. The number of nitrogens with one attached hydrogen (secondary N) is 1. The Bertz CT molecular complexity index is 757. The van der Waals surface area contributed by atoms with E-state index in [1.165, 1.54) is 22.3 Å². The van der Waals surface area contributed by atoms with Crippen LogP contribution in [-0.4, -0.2) is 36.3 Å². The molecule has 3 aromatic rings. The first kappa shape index (κ1) is 15.2. The van der Waals surface area contributed by atoms with E-state index in [0.717, 1.165) is 17.0 Å². The van der Waals surface area contributed by atoms with Gasteiger partial charge in [-0.25, -0.2) is 4.68 Å². The van der Waals surface area contributed by atoms with Gasteiger partial charge in [0.15, 0.2) is 0 Å². The van der Waals surface area contributed by atoms with Gasteiger partial charge in [0.05, 0.1) is 0 Å². The van der Waals surface area contributed by atoms with Crippen LogP contribution < -0.4 is 5.32 Å². The molecule has 0 saturated heterocycles. The quantitative estimate of drug-likeness (QED) is 0.736. The largest absolute Gasteiger partial charge is 0.299 e. The summed E-state index contributed by atoms with van der Waals surface area (Å²) in [6.07, 6.45) is 2.70. The van der Waals surface area contributed by atoms with Crippen molar-refractivity contribution in [1.82, 2.24) is 30.4 Å². The normalized spacial score (nSPS) is 12.0. The lowest BCUT2D eigenvalue weighted by molar-refractivity contribution is -0.119. The molecular formula is C14H15N7OS. The van der Waals surface area contributed by atoms with Gasteiger partial charge in [0.1, 0.15) is 17.4 Å². The molecule has 8 nitrogen and oxygen atoms in total. The third kappa shape index (κ3) is 3.75. The molecule has 0 aliphatic rings.